The Balaban J connectivity index is 1.44. The maximum absolute atomic E-state index is 12.5. The number of rotatable bonds is 7. The lowest BCUT2D eigenvalue weighted by Crippen LogP contribution is -2.24. The van der Waals surface area contributed by atoms with Gasteiger partial charge in [0.2, 0.25) is 5.91 Å². The fraction of sp³-hybridized carbons (Fsp3) is 0.348. The fourth-order valence-corrected chi connectivity index (χ4v) is 3.40. The van der Waals surface area contributed by atoms with E-state index in [4.69, 9.17) is 9.26 Å². The third-order valence-electron chi connectivity index (χ3n) is 5.15. The smallest absolute Gasteiger partial charge is 0.257 e. The number of aromatic nitrogens is 2. The molecule has 0 spiro atoms. The van der Waals surface area contributed by atoms with E-state index in [0.29, 0.717) is 31.3 Å². The number of nitrogens with zero attached hydrogens (tertiary/aromatic N) is 3. The summed E-state index contributed by atoms with van der Waals surface area (Å²) in [6.45, 7) is 5.44. The first-order valence-corrected chi connectivity index (χ1v) is 10.1. The van der Waals surface area contributed by atoms with Crippen molar-refractivity contribution < 1.29 is 14.1 Å². The summed E-state index contributed by atoms with van der Waals surface area (Å²) in [4.78, 5) is 18.8. The minimum Gasteiger partial charge on any atom is -0.494 e. The Kier molecular flexibility index (Phi) is 5.60. The van der Waals surface area contributed by atoms with Crippen LogP contribution in [0.15, 0.2) is 53.1 Å². The predicted octanol–water partition coefficient (Wildman–Crippen LogP) is 4.74. The standard InChI is InChI=1S/C23H25N3O3/c1-3-4-13-28-20-11-7-17(8-12-20)23-24-22(25-29-23)18-14-21(27)26(15-18)19-9-5-16(2)6-10-19/h5-12,18H,3-4,13-15H2,1-2H3. The second kappa shape index (κ2) is 8.47. The lowest BCUT2D eigenvalue weighted by atomic mass is 10.1. The van der Waals surface area contributed by atoms with Gasteiger partial charge in [-0.1, -0.05) is 36.2 Å². The van der Waals surface area contributed by atoms with E-state index in [2.05, 4.69) is 17.1 Å². The molecular weight excluding hydrogens is 366 g/mol. The lowest BCUT2D eigenvalue weighted by Gasteiger charge is -2.16. The van der Waals surface area contributed by atoms with Gasteiger partial charge in [-0.15, -0.1) is 0 Å². The highest BCUT2D eigenvalue weighted by Gasteiger charge is 2.34. The summed E-state index contributed by atoms with van der Waals surface area (Å²) in [5.41, 5.74) is 2.92. The van der Waals surface area contributed by atoms with Crippen LogP contribution in [0, 0.1) is 6.92 Å². The molecule has 2 aromatic carbocycles. The first-order valence-electron chi connectivity index (χ1n) is 10.1. The number of anilines is 1. The second-order valence-electron chi connectivity index (χ2n) is 7.43. The van der Waals surface area contributed by atoms with E-state index in [-0.39, 0.29) is 11.8 Å². The van der Waals surface area contributed by atoms with E-state index in [9.17, 15) is 4.79 Å². The average molecular weight is 391 g/mol. The van der Waals surface area contributed by atoms with Gasteiger partial charge < -0.3 is 14.2 Å². The molecule has 1 saturated heterocycles. The monoisotopic (exact) mass is 391 g/mol. The van der Waals surface area contributed by atoms with Crippen LogP contribution in [-0.2, 0) is 4.79 Å². The molecule has 0 bridgehead atoms. The molecule has 0 N–H and O–H groups in total. The van der Waals surface area contributed by atoms with Crippen molar-refractivity contribution in [3.8, 4) is 17.2 Å². The van der Waals surface area contributed by atoms with Crippen molar-refractivity contribution in [3.63, 3.8) is 0 Å². The van der Waals surface area contributed by atoms with E-state index in [1.165, 1.54) is 5.56 Å². The molecule has 0 aliphatic carbocycles. The van der Waals surface area contributed by atoms with Crippen LogP contribution in [0.3, 0.4) is 0 Å². The summed E-state index contributed by atoms with van der Waals surface area (Å²) in [5, 5.41) is 4.14. The van der Waals surface area contributed by atoms with E-state index in [1.54, 1.807) is 4.90 Å². The van der Waals surface area contributed by atoms with Crippen LogP contribution in [0.1, 0.15) is 43.5 Å². The Labute approximate surface area is 170 Å². The molecule has 29 heavy (non-hydrogen) atoms. The van der Waals surface area contributed by atoms with Gasteiger partial charge in [-0.25, -0.2) is 0 Å². The molecule has 1 fully saturated rings. The molecule has 1 aliphatic rings. The molecule has 1 aliphatic heterocycles. The lowest BCUT2D eigenvalue weighted by molar-refractivity contribution is -0.117. The van der Waals surface area contributed by atoms with E-state index in [0.717, 1.165) is 29.8 Å². The number of amides is 1. The van der Waals surface area contributed by atoms with Crippen LogP contribution in [0.5, 0.6) is 5.75 Å². The highest BCUT2D eigenvalue weighted by Crippen LogP contribution is 2.32. The molecule has 2 heterocycles. The molecule has 6 nitrogen and oxygen atoms in total. The van der Waals surface area contributed by atoms with E-state index in [1.807, 2.05) is 55.5 Å². The van der Waals surface area contributed by atoms with Gasteiger partial charge in [0.25, 0.3) is 5.89 Å². The van der Waals surface area contributed by atoms with Crippen molar-refractivity contribution >= 4 is 11.6 Å². The zero-order valence-corrected chi connectivity index (χ0v) is 16.8. The first-order chi connectivity index (χ1) is 14.1. The number of carbonyl (C=O) groups is 1. The minimum atomic E-state index is -0.0713. The zero-order valence-electron chi connectivity index (χ0n) is 16.8. The molecule has 1 atom stereocenters. The summed E-state index contributed by atoms with van der Waals surface area (Å²) >= 11 is 0. The van der Waals surface area contributed by atoms with Crippen LogP contribution in [-0.4, -0.2) is 29.2 Å². The first kappa shape index (κ1) is 19.2. The minimum absolute atomic E-state index is 0.0713. The van der Waals surface area contributed by atoms with Gasteiger partial charge in [0.15, 0.2) is 5.82 Å². The van der Waals surface area contributed by atoms with E-state index < -0.39 is 0 Å². The zero-order chi connectivity index (χ0) is 20.2. The number of aryl methyl sites for hydroxylation is 1. The summed E-state index contributed by atoms with van der Waals surface area (Å²) in [6, 6.07) is 15.6. The fourth-order valence-electron chi connectivity index (χ4n) is 3.40. The highest BCUT2D eigenvalue weighted by atomic mass is 16.5. The van der Waals surface area contributed by atoms with E-state index >= 15 is 0 Å². The van der Waals surface area contributed by atoms with Gasteiger partial charge in [-0.3, -0.25) is 4.79 Å². The molecule has 1 aromatic heterocycles. The van der Waals surface area contributed by atoms with Crippen molar-refractivity contribution in [2.75, 3.05) is 18.1 Å². The van der Waals surface area contributed by atoms with Crippen LogP contribution in [0.2, 0.25) is 0 Å². The third-order valence-corrected chi connectivity index (χ3v) is 5.15. The SMILES string of the molecule is CCCCOc1ccc(-c2nc(C3CC(=O)N(c4ccc(C)cc4)C3)no2)cc1. The predicted molar refractivity (Wildman–Crippen MR) is 111 cm³/mol. The Hall–Kier alpha value is -3.15. The quantitative estimate of drug-likeness (QED) is 0.544. The number of unbranched alkanes of at least 4 members (excludes halogenated alkanes) is 1. The number of hydrogen-bond donors (Lipinski definition) is 0. The van der Waals surface area contributed by atoms with Crippen molar-refractivity contribution in [2.24, 2.45) is 0 Å². The number of benzene rings is 2. The van der Waals surface area contributed by atoms with Crippen molar-refractivity contribution in [3.05, 3.63) is 59.9 Å². The summed E-state index contributed by atoms with van der Waals surface area (Å²) in [7, 11) is 0. The van der Waals surface area contributed by atoms with Crippen LogP contribution in [0.25, 0.3) is 11.5 Å². The van der Waals surface area contributed by atoms with Crippen LogP contribution in [0.4, 0.5) is 5.69 Å². The summed E-state index contributed by atoms with van der Waals surface area (Å²) in [5.74, 6) is 1.88. The molecule has 1 amide bonds. The van der Waals surface area contributed by atoms with Crippen LogP contribution < -0.4 is 9.64 Å². The Bertz CT molecular complexity index is 964. The highest BCUT2D eigenvalue weighted by molar-refractivity contribution is 5.96. The summed E-state index contributed by atoms with van der Waals surface area (Å²) in [6.07, 6.45) is 2.53. The number of ether oxygens (including phenoxy) is 1. The maximum atomic E-state index is 12.5. The van der Waals surface area contributed by atoms with Gasteiger partial charge in [0.1, 0.15) is 5.75 Å². The summed E-state index contributed by atoms with van der Waals surface area (Å²) < 4.78 is 11.1. The van der Waals surface area contributed by atoms with Crippen molar-refractivity contribution in [1.29, 1.82) is 0 Å². The third kappa shape index (κ3) is 4.31. The molecule has 0 saturated carbocycles. The van der Waals surface area contributed by atoms with Gasteiger partial charge >= 0.3 is 0 Å². The molecule has 6 heteroatoms. The second-order valence-corrected chi connectivity index (χ2v) is 7.43. The molecule has 4 rings (SSSR count). The molecular formula is C23H25N3O3. The molecule has 1 unspecified atom stereocenters. The van der Waals surface area contributed by atoms with Crippen LogP contribution >= 0.6 is 0 Å². The van der Waals surface area contributed by atoms with Gasteiger partial charge in [0.05, 0.1) is 6.61 Å². The maximum Gasteiger partial charge on any atom is 0.257 e. The van der Waals surface area contributed by atoms with Gasteiger partial charge in [-0.2, -0.15) is 4.98 Å². The largest absolute Gasteiger partial charge is 0.494 e. The van der Waals surface area contributed by atoms with Gasteiger partial charge in [-0.05, 0) is 49.7 Å². The van der Waals surface area contributed by atoms with Gasteiger partial charge in [0, 0.05) is 30.1 Å². The number of hydrogen-bond acceptors (Lipinski definition) is 5. The topological polar surface area (TPSA) is 68.5 Å². The van der Waals surface area contributed by atoms with Crippen molar-refractivity contribution in [1.82, 2.24) is 10.1 Å². The number of carbonyl (C=O) groups excluding carboxylic acids is 1. The average Bonchev–Trinajstić information content (AvgIpc) is 3.36. The Morgan fingerprint density at radius 2 is 1.90 bits per heavy atom. The van der Waals surface area contributed by atoms with Crippen molar-refractivity contribution in [2.45, 2.75) is 39.0 Å². The normalized spacial score (nSPS) is 16.4. The Morgan fingerprint density at radius 1 is 1.14 bits per heavy atom. The Morgan fingerprint density at radius 3 is 2.62 bits per heavy atom. The molecule has 150 valence electrons. The molecule has 0 radical (unpaired) electrons. The molecule has 3 aromatic rings.